The molecule has 27 heavy (non-hydrogen) atoms. The van der Waals surface area contributed by atoms with Gasteiger partial charge in [-0.1, -0.05) is 36.4 Å². The first-order valence-electron chi connectivity index (χ1n) is 8.92. The van der Waals surface area contributed by atoms with Crippen LogP contribution in [0.4, 0.5) is 0 Å². The number of benzene rings is 2. The number of nitrogens with zero attached hydrogens (tertiary/aromatic N) is 2. The lowest BCUT2D eigenvalue weighted by Gasteiger charge is -2.16. The number of aromatic nitrogens is 2. The summed E-state index contributed by atoms with van der Waals surface area (Å²) in [7, 11) is 1.63. The molecule has 1 aromatic heterocycles. The van der Waals surface area contributed by atoms with Gasteiger partial charge in [-0.2, -0.15) is 0 Å². The van der Waals surface area contributed by atoms with Crippen LogP contribution in [0.25, 0.3) is 11.8 Å². The molecule has 1 saturated carbocycles. The fourth-order valence-corrected chi connectivity index (χ4v) is 3.23. The fraction of sp³-hybridized carbons (Fsp3) is 0.182. The van der Waals surface area contributed by atoms with Gasteiger partial charge in [-0.25, -0.2) is 4.98 Å². The molecular weight excluding hydrogens is 338 g/mol. The molecule has 1 heterocycles. The third kappa shape index (κ3) is 3.62. The normalized spacial score (nSPS) is 14.9. The molecule has 0 saturated heterocycles. The Bertz CT molecular complexity index is 958. The summed E-state index contributed by atoms with van der Waals surface area (Å²) in [4.78, 5) is 16.5. The summed E-state index contributed by atoms with van der Waals surface area (Å²) < 4.78 is 7.37. The Morgan fingerprint density at radius 2 is 2.04 bits per heavy atom. The third-order valence-corrected chi connectivity index (χ3v) is 4.85. The van der Waals surface area contributed by atoms with Gasteiger partial charge >= 0.3 is 0 Å². The second kappa shape index (κ2) is 7.11. The number of hydrogen-bond acceptors (Lipinski definition) is 3. The largest absolute Gasteiger partial charge is 0.495 e. The number of hydrogen-bond donors (Lipinski definition) is 1. The maximum Gasteiger partial charge on any atom is 0.244 e. The van der Waals surface area contributed by atoms with E-state index in [2.05, 4.69) is 22.4 Å². The van der Waals surface area contributed by atoms with Gasteiger partial charge < -0.3 is 14.6 Å². The van der Waals surface area contributed by atoms with Gasteiger partial charge in [0.2, 0.25) is 5.91 Å². The number of carbonyl (C=O) groups excluding carboxylic acids is 1. The van der Waals surface area contributed by atoms with Crippen LogP contribution in [0.5, 0.6) is 5.75 Å². The lowest BCUT2D eigenvalue weighted by molar-refractivity contribution is -0.117. The zero-order valence-corrected chi connectivity index (χ0v) is 15.1. The van der Waals surface area contributed by atoms with Crippen molar-refractivity contribution >= 4 is 12.0 Å². The van der Waals surface area contributed by atoms with E-state index in [9.17, 15) is 4.79 Å². The Balaban J connectivity index is 1.47. The number of methoxy groups -OCH3 is 1. The first-order chi connectivity index (χ1) is 13.2. The highest BCUT2D eigenvalue weighted by molar-refractivity contribution is 5.92. The minimum Gasteiger partial charge on any atom is -0.495 e. The average Bonchev–Trinajstić information content (AvgIpc) is 3.28. The molecule has 0 atom stereocenters. The van der Waals surface area contributed by atoms with E-state index in [0.29, 0.717) is 0 Å². The number of ether oxygens (including phenoxy) is 1. The van der Waals surface area contributed by atoms with Gasteiger partial charge in [0, 0.05) is 18.5 Å². The van der Waals surface area contributed by atoms with Gasteiger partial charge in [-0.3, -0.25) is 4.79 Å². The Morgan fingerprint density at radius 1 is 1.22 bits per heavy atom. The topological polar surface area (TPSA) is 56.1 Å². The quantitative estimate of drug-likeness (QED) is 0.683. The van der Waals surface area contributed by atoms with Gasteiger partial charge in [-0.05, 0) is 42.2 Å². The Hall–Kier alpha value is -3.34. The third-order valence-electron chi connectivity index (χ3n) is 4.85. The average molecular weight is 359 g/mol. The van der Waals surface area contributed by atoms with Crippen LogP contribution in [-0.2, 0) is 10.3 Å². The number of imidazole rings is 1. The van der Waals surface area contributed by atoms with E-state index in [0.717, 1.165) is 35.4 Å². The van der Waals surface area contributed by atoms with E-state index in [1.807, 2.05) is 47.2 Å². The SMILES string of the molecule is COc1cc(C=CC(=O)NC2(c3ccccc3)CC2)ccc1-n1ccnc1. The Labute approximate surface area is 158 Å². The van der Waals surface area contributed by atoms with Crippen LogP contribution in [0.1, 0.15) is 24.0 Å². The van der Waals surface area contributed by atoms with Gasteiger partial charge in [-0.15, -0.1) is 0 Å². The summed E-state index contributed by atoms with van der Waals surface area (Å²) in [6.45, 7) is 0. The monoisotopic (exact) mass is 359 g/mol. The summed E-state index contributed by atoms with van der Waals surface area (Å²) in [5.41, 5.74) is 2.76. The number of amides is 1. The van der Waals surface area contributed by atoms with E-state index in [1.54, 1.807) is 31.8 Å². The lowest BCUT2D eigenvalue weighted by Crippen LogP contribution is -2.33. The molecule has 0 bridgehead atoms. The van der Waals surface area contributed by atoms with Crippen LogP contribution in [0.2, 0.25) is 0 Å². The number of rotatable bonds is 6. The maximum absolute atomic E-state index is 12.4. The predicted molar refractivity (Wildman–Crippen MR) is 105 cm³/mol. The van der Waals surface area contributed by atoms with Crippen LogP contribution in [0, 0.1) is 0 Å². The van der Waals surface area contributed by atoms with Crippen LogP contribution in [0.3, 0.4) is 0 Å². The van der Waals surface area contributed by atoms with E-state index in [4.69, 9.17) is 4.74 Å². The zero-order chi connectivity index (χ0) is 18.7. The molecule has 5 heteroatoms. The summed E-state index contributed by atoms with van der Waals surface area (Å²) in [5.74, 6) is 0.632. The van der Waals surface area contributed by atoms with Crippen molar-refractivity contribution in [2.45, 2.75) is 18.4 Å². The van der Waals surface area contributed by atoms with Crippen molar-refractivity contribution in [3.8, 4) is 11.4 Å². The van der Waals surface area contributed by atoms with Crippen molar-refractivity contribution in [3.63, 3.8) is 0 Å². The molecule has 3 aromatic rings. The zero-order valence-electron chi connectivity index (χ0n) is 15.1. The molecule has 1 N–H and O–H groups in total. The van der Waals surface area contributed by atoms with Crippen molar-refractivity contribution in [2.75, 3.05) is 7.11 Å². The highest BCUT2D eigenvalue weighted by atomic mass is 16.5. The van der Waals surface area contributed by atoms with E-state index >= 15 is 0 Å². The van der Waals surface area contributed by atoms with Gasteiger partial charge in [0.15, 0.2) is 0 Å². The smallest absolute Gasteiger partial charge is 0.244 e. The first-order valence-corrected chi connectivity index (χ1v) is 8.92. The molecule has 1 aliphatic carbocycles. The second-order valence-corrected chi connectivity index (χ2v) is 6.67. The summed E-state index contributed by atoms with van der Waals surface area (Å²) in [6.07, 6.45) is 10.6. The molecule has 0 spiro atoms. The minimum atomic E-state index is -0.203. The molecule has 5 nitrogen and oxygen atoms in total. The van der Waals surface area contributed by atoms with Gasteiger partial charge in [0.05, 0.1) is 24.7 Å². The molecule has 1 fully saturated rings. The van der Waals surface area contributed by atoms with Crippen molar-refractivity contribution in [3.05, 3.63) is 84.5 Å². The molecule has 1 amide bonds. The highest BCUT2D eigenvalue weighted by Crippen LogP contribution is 2.45. The van der Waals surface area contributed by atoms with Gasteiger partial charge in [0.25, 0.3) is 0 Å². The molecule has 2 aromatic carbocycles. The highest BCUT2D eigenvalue weighted by Gasteiger charge is 2.45. The van der Waals surface area contributed by atoms with Crippen molar-refractivity contribution in [2.24, 2.45) is 0 Å². The van der Waals surface area contributed by atoms with Crippen molar-refractivity contribution in [1.29, 1.82) is 0 Å². The molecule has 0 radical (unpaired) electrons. The molecule has 0 unspecified atom stereocenters. The van der Waals surface area contributed by atoms with E-state index in [-0.39, 0.29) is 11.4 Å². The Morgan fingerprint density at radius 3 is 2.70 bits per heavy atom. The Kier molecular flexibility index (Phi) is 4.50. The van der Waals surface area contributed by atoms with Gasteiger partial charge in [0.1, 0.15) is 5.75 Å². The molecular formula is C22H21N3O2. The van der Waals surface area contributed by atoms with Crippen LogP contribution in [0.15, 0.2) is 73.3 Å². The molecule has 136 valence electrons. The predicted octanol–water partition coefficient (Wildman–Crippen LogP) is 3.70. The second-order valence-electron chi connectivity index (χ2n) is 6.67. The molecule has 0 aliphatic heterocycles. The number of carbonyl (C=O) groups is 1. The van der Waals surface area contributed by atoms with Crippen LogP contribution < -0.4 is 10.1 Å². The van der Waals surface area contributed by atoms with Crippen molar-refractivity contribution in [1.82, 2.24) is 14.9 Å². The van der Waals surface area contributed by atoms with Crippen LogP contribution in [-0.4, -0.2) is 22.6 Å². The molecule has 4 rings (SSSR count). The van der Waals surface area contributed by atoms with Crippen molar-refractivity contribution < 1.29 is 9.53 Å². The van der Waals surface area contributed by atoms with E-state index in [1.165, 1.54) is 0 Å². The number of nitrogens with one attached hydrogen (secondary N) is 1. The fourth-order valence-electron chi connectivity index (χ4n) is 3.23. The van der Waals surface area contributed by atoms with E-state index < -0.39 is 0 Å². The lowest BCUT2D eigenvalue weighted by atomic mass is 10.1. The van der Waals surface area contributed by atoms with Crippen LogP contribution >= 0.6 is 0 Å². The standard InChI is InChI=1S/C22H21N3O2/c1-27-20-15-17(7-9-19(20)25-14-13-23-16-25)8-10-21(26)24-22(11-12-22)18-5-3-2-4-6-18/h2-10,13-16H,11-12H2,1H3,(H,24,26). The maximum atomic E-state index is 12.4. The molecule has 1 aliphatic rings. The minimum absolute atomic E-state index is 0.0889. The summed E-state index contributed by atoms with van der Waals surface area (Å²) >= 11 is 0. The summed E-state index contributed by atoms with van der Waals surface area (Å²) in [5, 5.41) is 3.15. The summed E-state index contributed by atoms with van der Waals surface area (Å²) in [6, 6.07) is 15.9. The first kappa shape index (κ1) is 17.1.